The molecule has 1 saturated heterocycles. The van der Waals surface area contributed by atoms with Crippen LogP contribution in [0.15, 0.2) is 24.3 Å². The molecule has 0 aromatic heterocycles. The van der Waals surface area contributed by atoms with Crippen LogP contribution in [0, 0.1) is 11.8 Å². The minimum atomic E-state index is -0.201. The highest BCUT2D eigenvalue weighted by atomic mass is 16.7. The van der Waals surface area contributed by atoms with Gasteiger partial charge >= 0.3 is 6.03 Å². The number of nitrogens with zero attached hydrogens (tertiary/aromatic N) is 1. The van der Waals surface area contributed by atoms with Crippen molar-refractivity contribution in [3.05, 3.63) is 29.8 Å². The zero-order chi connectivity index (χ0) is 24.2. The first-order valence-electron chi connectivity index (χ1n) is 13.7. The number of nitrogens with one attached hydrogen (secondary N) is 2. The van der Waals surface area contributed by atoms with E-state index < -0.39 is 0 Å². The first kappa shape index (κ1) is 26.8. The smallest absolute Gasteiger partial charge is 0.317 e. The average Bonchev–Trinajstić information content (AvgIpc) is 2.85. The molecule has 1 aliphatic carbocycles. The van der Waals surface area contributed by atoms with E-state index in [1.807, 2.05) is 24.9 Å². The Labute approximate surface area is 207 Å². The first-order valence-corrected chi connectivity index (χ1v) is 13.7. The third-order valence-corrected chi connectivity index (χ3v) is 7.30. The summed E-state index contributed by atoms with van der Waals surface area (Å²) in [4.78, 5) is 15.2. The zero-order valence-electron chi connectivity index (χ0n) is 21.7. The number of likely N-dealkylation sites (N-methyl/N-ethyl adjacent to an activating group) is 1. The molecule has 0 bridgehead atoms. The number of likely N-dealkylation sites (tertiary alicyclic amines) is 1. The van der Waals surface area contributed by atoms with Gasteiger partial charge in [0.05, 0.1) is 0 Å². The Kier molecular flexibility index (Phi) is 11.5. The molecule has 34 heavy (non-hydrogen) atoms. The molecule has 1 aromatic rings. The maximum absolute atomic E-state index is 13.1. The predicted octanol–water partition coefficient (Wildman–Crippen LogP) is 5.36. The summed E-state index contributed by atoms with van der Waals surface area (Å²) in [5.41, 5.74) is 1.27. The number of carbonyl (C=O) groups excluding carboxylic acids is 1. The largest absolute Gasteiger partial charge is 0.465 e. The normalized spacial score (nSPS) is 21.1. The Bertz CT molecular complexity index is 723. The minimum absolute atomic E-state index is 0.111. The van der Waals surface area contributed by atoms with E-state index >= 15 is 0 Å². The maximum Gasteiger partial charge on any atom is 0.317 e. The van der Waals surface area contributed by atoms with E-state index in [0.717, 1.165) is 63.4 Å². The molecule has 3 unspecified atom stereocenters. The summed E-state index contributed by atoms with van der Waals surface area (Å²) in [6.07, 6.45) is 11.6. The number of benzene rings is 1. The van der Waals surface area contributed by atoms with Crippen LogP contribution in [0.3, 0.4) is 0 Å². The molecule has 192 valence electrons. The van der Waals surface area contributed by atoms with Crippen LogP contribution < -0.4 is 15.4 Å². The van der Waals surface area contributed by atoms with Crippen LogP contribution in [-0.4, -0.2) is 56.6 Å². The van der Waals surface area contributed by atoms with Gasteiger partial charge < -0.3 is 25.0 Å². The second kappa shape index (κ2) is 14.6. The zero-order valence-corrected chi connectivity index (χ0v) is 21.7. The van der Waals surface area contributed by atoms with Gasteiger partial charge in [-0.05, 0) is 69.2 Å². The summed E-state index contributed by atoms with van der Waals surface area (Å²) in [7, 11) is 1.98. The Balaban J connectivity index is 1.51. The number of ether oxygens (including phenoxy) is 2. The van der Waals surface area contributed by atoms with E-state index in [1.165, 1.54) is 37.7 Å². The molecule has 3 rings (SSSR count). The molecule has 2 fully saturated rings. The van der Waals surface area contributed by atoms with Gasteiger partial charge in [0.25, 0.3) is 0 Å². The molecule has 3 atom stereocenters. The molecule has 1 aromatic carbocycles. The van der Waals surface area contributed by atoms with Gasteiger partial charge in [-0.15, -0.1) is 0 Å². The van der Waals surface area contributed by atoms with Gasteiger partial charge in [0, 0.05) is 38.7 Å². The van der Waals surface area contributed by atoms with E-state index in [0.29, 0.717) is 12.5 Å². The van der Waals surface area contributed by atoms with Gasteiger partial charge in [0.15, 0.2) is 6.29 Å². The molecule has 2 amide bonds. The van der Waals surface area contributed by atoms with Crippen molar-refractivity contribution in [2.24, 2.45) is 11.8 Å². The molecule has 2 N–H and O–H groups in total. The lowest BCUT2D eigenvalue weighted by atomic mass is 9.85. The molecule has 2 aliphatic rings. The van der Waals surface area contributed by atoms with E-state index in [9.17, 15) is 4.79 Å². The summed E-state index contributed by atoms with van der Waals surface area (Å²) in [5.74, 6) is 2.09. The standard InChI is InChI=1S/C28H47N3O3/c1-4-27(33-5-2)34-26-15-9-13-23(19-26)17-24-14-10-16-31(21-24)28(32)30-25(20-29-3)18-22-11-7-6-8-12-22/h9,13,15,19,22,24-25,27,29H,4-8,10-12,14,16-18,20-21H2,1-3H3,(H,30,32). The predicted molar refractivity (Wildman–Crippen MR) is 138 cm³/mol. The fraction of sp³-hybridized carbons (Fsp3) is 0.750. The molecule has 1 heterocycles. The molecule has 1 aliphatic heterocycles. The first-order chi connectivity index (χ1) is 16.6. The number of carbonyl (C=O) groups is 1. The quantitative estimate of drug-likeness (QED) is 0.401. The topological polar surface area (TPSA) is 62.8 Å². The van der Waals surface area contributed by atoms with E-state index in [-0.39, 0.29) is 18.4 Å². The monoisotopic (exact) mass is 473 g/mol. The molecule has 6 heteroatoms. The number of hydrogen-bond donors (Lipinski definition) is 2. The summed E-state index contributed by atoms with van der Waals surface area (Å²) >= 11 is 0. The molecule has 0 radical (unpaired) electrons. The van der Waals surface area contributed by atoms with Crippen molar-refractivity contribution in [1.82, 2.24) is 15.5 Å². The van der Waals surface area contributed by atoms with Crippen molar-refractivity contribution >= 4 is 6.03 Å². The highest BCUT2D eigenvalue weighted by molar-refractivity contribution is 5.74. The van der Waals surface area contributed by atoms with E-state index in [4.69, 9.17) is 9.47 Å². The summed E-state index contributed by atoms with van der Waals surface area (Å²) in [5, 5.41) is 6.64. The lowest BCUT2D eigenvalue weighted by Crippen LogP contribution is -2.51. The lowest BCUT2D eigenvalue weighted by molar-refractivity contribution is -0.0766. The number of amides is 2. The summed E-state index contributed by atoms with van der Waals surface area (Å²) in [6, 6.07) is 8.69. The van der Waals surface area contributed by atoms with Gasteiger partial charge in [0.2, 0.25) is 0 Å². The number of hydrogen-bond acceptors (Lipinski definition) is 4. The Morgan fingerprint density at radius 2 is 1.91 bits per heavy atom. The van der Waals surface area contributed by atoms with Crippen molar-refractivity contribution in [2.45, 2.75) is 90.4 Å². The summed E-state index contributed by atoms with van der Waals surface area (Å²) < 4.78 is 11.7. The van der Waals surface area contributed by atoms with Crippen LogP contribution in [0.1, 0.15) is 77.2 Å². The Morgan fingerprint density at radius 1 is 1.12 bits per heavy atom. The average molecular weight is 474 g/mol. The second-order valence-corrected chi connectivity index (χ2v) is 10.2. The molecule has 6 nitrogen and oxygen atoms in total. The molecular weight excluding hydrogens is 426 g/mol. The van der Waals surface area contributed by atoms with Crippen molar-refractivity contribution in [2.75, 3.05) is 33.3 Å². The molecule has 0 spiro atoms. The lowest BCUT2D eigenvalue weighted by Gasteiger charge is -2.35. The third kappa shape index (κ3) is 8.77. The highest BCUT2D eigenvalue weighted by Crippen LogP contribution is 2.28. The SMILES string of the molecule is CCOC(CC)Oc1cccc(CC2CCCN(C(=O)NC(CNC)CC3CCCCC3)C2)c1. The van der Waals surface area contributed by atoms with Crippen molar-refractivity contribution < 1.29 is 14.3 Å². The van der Waals surface area contributed by atoms with E-state index in [1.54, 1.807) is 0 Å². The van der Waals surface area contributed by atoms with Crippen molar-refractivity contribution in [3.8, 4) is 5.75 Å². The van der Waals surface area contributed by atoms with Gasteiger partial charge in [-0.25, -0.2) is 4.79 Å². The van der Waals surface area contributed by atoms with E-state index in [2.05, 4.69) is 35.8 Å². The van der Waals surface area contributed by atoms with Crippen LogP contribution >= 0.6 is 0 Å². The fourth-order valence-corrected chi connectivity index (χ4v) is 5.60. The maximum atomic E-state index is 13.1. The van der Waals surface area contributed by atoms with Gasteiger partial charge in [-0.3, -0.25) is 0 Å². The van der Waals surface area contributed by atoms with Crippen molar-refractivity contribution in [3.63, 3.8) is 0 Å². The van der Waals surface area contributed by atoms with Crippen LogP contribution in [-0.2, 0) is 11.2 Å². The molecular formula is C28H47N3O3. The Hall–Kier alpha value is -1.79. The van der Waals surface area contributed by atoms with Crippen LogP contribution in [0.4, 0.5) is 4.79 Å². The van der Waals surface area contributed by atoms with Gasteiger partial charge in [-0.1, -0.05) is 51.2 Å². The molecule has 1 saturated carbocycles. The second-order valence-electron chi connectivity index (χ2n) is 10.2. The summed E-state index contributed by atoms with van der Waals surface area (Å²) in [6.45, 7) is 7.23. The van der Waals surface area contributed by atoms with Crippen LogP contribution in [0.25, 0.3) is 0 Å². The number of piperidine rings is 1. The Morgan fingerprint density at radius 3 is 2.65 bits per heavy atom. The highest BCUT2D eigenvalue weighted by Gasteiger charge is 2.26. The third-order valence-electron chi connectivity index (χ3n) is 7.30. The van der Waals surface area contributed by atoms with Gasteiger partial charge in [-0.2, -0.15) is 0 Å². The number of rotatable bonds is 12. The van der Waals surface area contributed by atoms with Crippen LogP contribution in [0.5, 0.6) is 5.75 Å². The number of urea groups is 1. The van der Waals surface area contributed by atoms with Gasteiger partial charge in [0.1, 0.15) is 5.75 Å². The fourth-order valence-electron chi connectivity index (χ4n) is 5.60. The van der Waals surface area contributed by atoms with Crippen molar-refractivity contribution in [1.29, 1.82) is 0 Å². The van der Waals surface area contributed by atoms with Crippen LogP contribution in [0.2, 0.25) is 0 Å². The minimum Gasteiger partial charge on any atom is -0.465 e.